The van der Waals surface area contributed by atoms with E-state index in [2.05, 4.69) is 6.58 Å². The van der Waals surface area contributed by atoms with E-state index in [1.54, 1.807) is 54.6 Å². The minimum Gasteiger partial charge on any atom is -0.508 e. The molecule has 1 N–H and O–H groups in total. The highest BCUT2D eigenvalue weighted by Crippen LogP contribution is 2.40. The van der Waals surface area contributed by atoms with Crippen molar-refractivity contribution < 1.29 is 23.8 Å². The van der Waals surface area contributed by atoms with Gasteiger partial charge in [0.05, 0.1) is 6.42 Å². The SMILES string of the molecule is C=CCC(=O)Oc1ccc(Oc2c(-c3ccc(F)cc3)ccc3cc(O)ccc23)cc1. The van der Waals surface area contributed by atoms with E-state index in [4.69, 9.17) is 9.47 Å². The molecular formula is C26H19FO4. The summed E-state index contributed by atoms with van der Waals surface area (Å²) in [7, 11) is 0. The molecule has 0 unspecified atom stereocenters. The average molecular weight is 414 g/mol. The first kappa shape index (κ1) is 20.2. The highest BCUT2D eigenvalue weighted by atomic mass is 19.1. The van der Waals surface area contributed by atoms with Gasteiger partial charge in [0, 0.05) is 10.9 Å². The van der Waals surface area contributed by atoms with E-state index >= 15 is 0 Å². The van der Waals surface area contributed by atoms with Gasteiger partial charge >= 0.3 is 5.97 Å². The zero-order valence-electron chi connectivity index (χ0n) is 16.5. The van der Waals surface area contributed by atoms with Crippen LogP contribution in [0.2, 0.25) is 0 Å². The maximum Gasteiger partial charge on any atom is 0.315 e. The Morgan fingerprint density at radius 2 is 1.65 bits per heavy atom. The number of carbonyl (C=O) groups is 1. The van der Waals surface area contributed by atoms with E-state index < -0.39 is 5.97 Å². The van der Waals surface area contributed by atoms with Gasteiger partial charge in [-0.2, -0.15) is 0 Å². The number of ether oxygens (including phenoxy) is 2. The zero-order valence-corrected chi connectivity index (χ0v) is 16.5. The third-order valence-electron chi connectivity index (χ3n) is 4.70. The number of benzene rings is 4. The van der Waals surface area contributed by atoms with Crippen LogP contribution in [0.3, 0.4) is 0 Å². The lowest BCUT2D eigenvalue weighted by molar-refractivity contribution is -0.133. The summed E-state index contributed by atoms with van der Waals surface area (Å²) in [5.41, 5.74) is 1.57. The first-order chi connectivity index (χ1) is 15.0. The molecule has 0 aliphatic heterocycles. The lowest BCUT2D eigenvalue weighted by atomic mass is 9.99. The number of hydrogen-bond acceptors (Lipinski definition) is 4. The van der Waals surface area contributed by atoms with Crippen LogP contribution in [0.25, 0.3) is 21.9 Å². The van der Waals surface area contributed by atoms with E-state index in [0.29, 0.717) is 17.2 Å². The molecule has 4 nitrogen and oxygen atoms in total. The van der Waals surface area contributed by atoms with E-state index in [9.17, 15) is 14.3 Å². The fraction of sp³-hybridized carbons (Fsp3) is 0.0385. The number of fused-ring (bicyclic) bond motifs is 1. The van der Waals surface area contributed by atoms with Crippen LogP contribution in [0, 0.1) is 5.82 Å². The summed E-state index contributed by atoms with van der Waals surface area (Å²) in [5.74, 6) is 0.946. The van der Waals surface area contributed by atoms with Gasteiger partial charge in [0.15, 0.2) is 0 Å². The van der Waals surface area contributed by atoms with Crippen LogP contribution in [0.4, 0.5) is 4.39 Å². The summed E-state index contributed by atoms with van der Waals surface area (Å²) in [6, 6.07) is 21.6. The minimum absolute atomic E-state index is 0.127. The number of aromatic hydroxyl groups is 1. The number of phenolic OH excluding ortho intramolecular Hbond substituents is 1. The number of rotatable bonds is 6. The molecule has 0 spiro atoms. The fourth-order valence-corrected chi connectivity index (χ4v) is 3.24. The van der Waals surface area contributed by atoms with Crippen molar-refractivity contribution in [1.82, 2.24) is 0 Å². The summed E-state index contributed by atoms with van der Waals surface area (Å²) in [6.45, 7) is 3.51. The third kappa shape index (κ3) is 4.56. The van der Waals surface area contributed by atoms with Crippen molar-refractivity contribution in [2.45, 2.75) is 6.42 Å². The smallest absolute Gasteiger partial charge is 0.315 e. The molecule has 31 heavy (non-hydrogen) atoms. The molecular weight excluding hydrogens is 395 g/mol. The van der Waals surface area contributed by atoms with Crippen LogP contribution in [0.15, 0.2) is 91.5 Å². The molecule has 154 valence electrons. The molecule has 0 atom stereocenters. The predicted octanol–water partition coefficient (Wildman–Crippen LogP) is 6.63. The maximum atomic E-state index is 13.4. The van der Waals surface area contributed by atoms with Crippen molar-refractivity contribution >= 4 is 16.7 Å². The van der Waals surface area contributed by atoms with Gasteiger partial charge in [-0.1, -0.05) is 24.3 Å². The molecule has 4 rings (SSSR count). The molecule has 4 aromatic rings. The molecule has 5 heteroatoms. The van der Waals surface area contributed by atoms with Crippen LogP contribution in [-0.4, -0.2) is 11.1 Å². The van der Waals surface area contributed by atoms with Gasteiger partial charge in [-0.3, -0.25) is 4.79 Å². The second-order valence-corrected chi connectivity index (χ2v) is 6.89. The molecule has 0 saturated heterocycles. The first-order valence-electron chi connectivity index (χ1n) is 9.64. The third-order valence-corrected chi connectivity index (χ3v) is 4.70. The Bertz CT molecular complexity index is 1250. The van der Waals surface area contributed by atoms with Gasteiger partial charge < -0.3 is 14.6 Å². The summed E-state index contributed by atoms with van der Waals surface area (Å²) in [5, 5.41) is 11.4. The van der Waals surface area contributed by atoms with E-state index in [1.807, 2.05) is 12.1 Å². The van der Waals surface area contributed by atoms with Crippen molar-refractivity contribution in [1.29, 1.82) is 0 Å². The van der Waals surface area contributed by atoms with Crippen molar-refractivity contribution in [2.24, 2.45) is 0 Å². The molecule has 0 heterocycles. The van der Waals surface area contributed by atoms with Crippen molar-refractivity contribution in [2.75, 3.05) is 0 Å². The normalized spacial score (nSPS) is 10.6. The first-order valence-corrected chi connectivity index (χ1v) is 9.64. The van der Waals surface area contributed by atoms with Crippen LogP contribution in [0.5, 0.6) is 23.0 Å². The summed E-state index contributed by atoms with van der Waals surface area (Å²) in [6.07, 6.45) is 1.61. The molecule has 0 fully saturated rings. The highest BCUT2D eigenvalue weighted by Gasteiger charge is 2.13. The highest BCUT2D eigenvalue weighted by molar-refractivity contribution is 5.96. The fourth-order valence-electron chi connectivity index (χ4n) is 3.24. The van der Waals surface area contributed by atoms with E-state index in [1.165, 1.54) is 18.2 Å². The Hall–Kier alpha value is -4.12. The number of hydrogen-bond donors (Lipinski definition) is 1. The number of halogens is 1. The number of esters is 1. The van der Waals surface area contributed by atoms with Gasteiger partial charge in [0.25, 0.3) is 0 Å². The Balaban J connectivity index is 1.73. The molecule has 0 radical (unpaired) electrons. The molecule has 0 aliphatic carbocycles. The quantitative estimate of drug-likeness (QED) is 0.219. The monoisotopic (exact) mass is 414 g/mol. The molecule has 0 saturated carbocycles. The van der Waals surface area contributed by atoms with Gasteiger partial charge in [-0.05, 0) is 71.6 Å². The molecule has 0 aromatic heterocycles. The van der Waals surface area contributed by atoms with E-state index in [-0.39, 0.29) is 18.0 Å². The standard InChI is InChI=1S/C26H19FO4/c1-2-3-25(29)30-21-10-12-22(13-11-21)31-26-23(17-4-7-19(27)8-5-17)14-6-18-16-20(28)9-15-24(18)26/h2,4-16,28H,1,3H2. The topological polar surface area (TPSA) is 55.8 Å². The Morgan fingerprint density at radius 3 is 2.35 bits per heavy atom. The number of phenols is 1. The van der Waals surface area contributed by atoms with Crippen LogP contribution in [0.1, 0.15) is 6.42 Å². The maximum absolute atomic E-state index is 13.4. The van der Waals surface area contributed by atoms with Gasteiger partial charge in [0.2, 0.25) is 0 Å². The molecule has 0 aliphatic rings. The van der Waals surface area contributed by atoms with E-state index in [0.717, 1.165) is 21.9 Å². The second kappa shape index (κ2) is 8.71. The largest absolute Gasteiger partial charge is 0.508 e. The van der Waals surface area contributed by atoms with Gasteiger partial charge in [-0.25, -0.2) is 4.39 Å². The van der Waals surface area contributed by atoms with Crippen molar-refractivity contribution in [3.8, 4) is 34.1 Å². The van der Waals surface area contributed by atoms with Crippen molar-refractivity contribution in [3.05, 3.63) is 97.3 Å². The molecule has 0 bridgehead atoms. The minimum atomic E-state index is -0.392. The van der Waals surface area contributed by atoms with Crippen LogP contribution in [-0.2, 0) is 4.79 Å². The average Bonchev–Trinajstić information content (AvgIpc) is 2.76. The van der Waals surface area contributed by atoms with Crippen LogP contribution < -0.4 is 9.47 Å². The Kier molecular flexibility index (Phi) is 5.67. The zero-order chi connectivity index (χ0) is 21.8. The van der Waals surface area contributed by atoms with Crippen LogP contribution >= 0.6 is 0 Å². The Labute approximate surface area is 178 Å². The Morgan fingerprint density at radius 1 is 0.935 bits per heavy atom. The lowest BCUT2D eigenvalue weighted by Gasteiger charge is -2.15. The van der Waals surface area contributed by atoms with Crippen molar-refractivity contribution in [3.63, 3.8) is 0 Å². The lowest BCUT2D eigenvalue weighted by Crippen LogP contribution is -2.05. The molecule has 4 aromatic carbocycles. The van der Waals surface area contributed by atoms with Gasteiger partial charge in [0.1, 0.15) is 28.8 Å². The summed E-state index contributed by atoms with van der Waals surface area (Å²) in [4.78, 5) is 11.6. The second-order valence-electron chi connectivity index (χ2n) is 6.89. The number of carbonyl (C=O) groups excluding carboxylic acids is 1. The molecule has 0 amide bonds. The summed E-state index contributed by atoms with van der Waals surface area (Å²) < 4.78 is 24.9. The van der Waals surface area contributed by atoms with Gasteiger partial charge in [-0.15, -0.1) is 6.58 Å². The summed E-state index contributed by atoms with van der Waals surface area (Å²) >= 11 is 0. The predicted molar refractivity (Wildman–Crippen MR) is 118 cm³/mol.